The van der Waals surface area contributed by atoms with E-state index in [9.17, 15) is 9.90 Å². The fraction of sp³-hybridized carbons (Fsp3) is 0.267. The van der Waals surface area contributed by atoms with Crippen molar-refractivity contribution in [2.45, 2.75) is 17.4 Å². The minimum Gasteiger partial charge on any atom is -0.472 e. The standard InChI is InChI=1S/C15H17NO3S/c17-14(12-6-8-19-11-12)10-16-15(18)7-9-20-13-4-2-1-3-5-13/h1-6,8,11,14,17H,7,9-10H2,(H,16,18)/t14-/m0/s1. The summed E-state index contributed by atoms with van der Waals surface area (Å²) in [6.07, 6.45) is 2.68. The largest absolute Gasteiger partial charge is 0.472 e. The molecule has 2 aromatic rings. The van der Waals surface area contributed by atoms with Crippen LogP contribution in [0, 0.1) is 0 Å². The van der Waals surface area contributed by atoms with Crippen molar-refractivity contribution >= 4 is 17.7 Å². The van der Waals surface area contributed by atoms with Gasteiger partial charge in [0.15, 0.2) is 0 Å². The number of carbonyl (C=O) groups is 1. The van der Waals surface area contributed by atoms with Crippen LogP contribution in [0.5, 0.6) is 0 Å². The summed E-state index contributed by atoms with van der Waals surface area (Å²) < 4.78 is 4.88. The SMILES string of the molecule is O=C(CCSc1ccccc1)NC[C@H](O)c1ccoc1. The smallest absolute Gasteiger partial charge is 0.220 e. The second-order valence-corrected chi connectivity index (χ2v) is 5.46. The molecule has 1 amide bonds. The van der Waals surface area contributed by atoms with Gasteiger partial charge in [-0.1, -0.05) is 18.2 Å². The third-order valence-electron chi connectivity index (χ3n) is 2.76. The minimum atomic E-state index is -0.723. The fourth-order valence-corrected chi connectivity index (χ4v) is 2.53. The molecule has 20 heavy (non-hydrogen) atoms. The molecular weight excluding hydrogens is 274 g/mol. The molecule has 1 aromatic carbocycles. The first-order valence-corrected chi connectivity index (χ1v) is 7.39. The lowest BCUT2D eigenvalue weighted by atomic mass is 10.2. The number of hydrogen-bond donors (Lipinski definition) is 2. The summed E-state index contributed by atoms with van der Waals surface area (Å²) in [7, 11) is 0. The minimum absolute atomic E-state index is 0.0593. The molecule has 0 unspecified atom stereocenters. The number of aliphatic hydroxyl groups excluding tert-OH is 1. The zero-order chi connectivity index (χ0) is 14.2. The maximum atomic E-state index is 11.6. The molecule has 4 nitrogen and oxygen atoms in total. The van der Waals surface area contributed by atoms with Gasteiger partial charge in [-0.05, 0) is 18.2 Å². The first-order chi connectivity index (χ1) is 9.75. The molecule has 1 heterocycles. The van der Waals surface area contributed by atoms with Gasteiger partial charge in [0.2, 0.25) is 5.91 Å². The van der Waals surface area contributed by atoms with E-state index in [0.717, 1.165) is 10.6 Å². The average molecular weight is 291 g/mol. The van der Waals surface area contributed by atoms with Gasteiger partial charge in [-0.15, -0.1) is 11.8 Å². The van der Waals surface area contributed by atoms with Gasteiger partial charge in [-0.3, -0.25) is 4.79 Å². The Morgan fingerprint density at radius 2 is 2.10 bits per heavy atom. The van der Waals surface area contributed by atoms with E-state index < -0.39 is 6.10 Å². The summed E-state index contributed by atoms with van der Waals surface area (Å²) in [4.78, 5) is 12.8. The summed E-state index contributed by atoms with van der Waals surface area (Å²) in [5, 5.41) is 12.5. The Labute approximate surface area is 122 Å². The number of hydrogen-bond acceptors (Lipinski definition) is 4. The lowest BCUT2D eigenvalue weighted by Gasteiger charge is -2.09. The zero-order valence-electron chi connectivity index (χ0n) is 11.0. The van der Waals surface area contributed by atoms with Crippen molar-refractivity contribution in [1.82, 2.24) is 5.32 Å². The Balaban J connectivity index is 1.63. The van der Waals surface area contributed by atoms with Gasteiger partial charge in [0.25, 0.3) is 0 Å². The number of thioether (sulfide) groups is 1. The summed E-state index contributed by atoms with van der Waals surface area (Å²) in [6.45, 7) is 0.203. The van der Waals surface area contributed by atoms with E-state index in [1.807, 2.05) is 30.3 Å². The molecule has 1 atom stereocenters. The third kappa shape index (κ3) is 4.75. The predicted octanol–water partition coefficient (Wildman–Crippen LogP) is 2.61. The van der Waals surface area contributed by atoms with Crippen LogP contribution in [-0.4, -0.2) is 23.3 Å². The molecular formula is C15H17NO3S. The van der Waals surface area contributed by atoms with Gasteiger partial charge in [0.1, 0.15) is 0 Å². The van der Waals surface area contributed by atoms with Crippen molar-refractivity contribution in [2.75, 3.05) is 12.3 Å². The van der Waals surface area contributed by atoms with E-state index in [2.05, 4.69) is 5.32 Å². The molecule has 0 aliphatic carbocycles. The van der Waals surface area contributed by atoms with E-state index in [1.54, 1.807) is 17.8 Å². The molecule has 0 fully saturated rings. The molecule has 0 aliphatic rings. The predicted molar refractivity (Wildman–Crippen MR) is 78.5 cm³/mol. The Kier molecular flexibility index (Phi) is 5.70. The molecule has 2 N–H and O–H groups in total. The van der Waals surface area contributed by atoms with Crippen LogP contribution >= 0.6 is 11.8 Å². The van der Waals surface area contributed by atoms with E-state index in [0.29, 0.717) is 12.0 Å². The highest BCUT2D eigenvalue weighted by atomic mass is 32.2. The second kappa shape index (κ2) is 7.77. The Morgan fingerprint density at radius 3 is 2.80 bits per heavy atom. The molecule has 0 saturated heterocycles. The molecule has 0 saturated carbocycles. The number of rotatable bonds is 7. The van der Waals surface area contributed by atoms with Crippen LogP contribution < -0.4 is 5.32 Å². The number of aliphatic hydroxyl groups is 1. The third-order valence-corrected chi connectivity index (χ3v) is 3.78. The molecule has 106 valence electrons. The van der Waals surface area contributed by atoms with Gasteiger partial charge in [0, 0.05) is 29.2 Å². The lowest BCUT2D eigenvalue weighted by molar-refractivity contribution is -0.121. The van der Waals surface area contributed by atoms with Crippen molar-refractivity contribution < 1.29 is 14.3 Å². The number of furan rings is 1. The number of carbonyl (C=O) groups excluding carboxylic acids is 1. The lowest BCUT2D eigenvalue weighted by Crippen LogP contribution is -2.28. The summed E-state index contributed by atoms with van der Waals surface area (Å²) in [5.74, 6) is 0.661. The topological polar surface area (TPSA) is 62.5 Å². The second-order valence-electron chi connectivity index (χ2n) is 4.29. The first kappa shape index (κ1) is 14.7. The number of amides is 1. The van der Waals surface area contributed by atoms with E-state index in [-0.39, 0.29) is 12.5 Å². The van der Waals surface area contributed by atoms with Crippen LogP contribution in [0.2, 0.25) is 0 Å². The van der Waals surface area contributed by atoms with Crippen LogP contribution in [0.3, 0.4) is 0 Å². The monoisotopic (exact) mass is 291 g/mol. The molecule has 0 aliphatic heterocycles. The van der Waals surface area contributed by atoms with Crippen LogP contribution in [0.15, 0.2) is 58.2 Å². The highest BCUT2D eigenvalue weighted by Crippen LogP contribution is 2.17. The van der Waals surface area contributed by atoms with Gasteiger partial charge in [-0.25, -0.2) is 0 Å². The molecule has 5 heteroatoms. The maximum absolute atomic E-state index is 11.6. The van der Waals surface area contributed by atoms with Gasteiger partial charge >= 0.3 is 0 Å². The van der Waals surface area contributed by atoms with Crippen LogP contribution in [0.4, 0.5) is 0 Å². The zero-order valence-corrected chi connectivity index (χ0v) is 11.8. The van der Waals surface area contributed by atoms with Crippen molar-refractivity contribution in [2.24, 2.45) is 0 Å². The highest BCUT2D eigenvalue weighted by Gasteiger charge is 2.10. The average Bonchev–Trinajstić information content (AvgIpc) is 3.00. The number of benzene rings is 1. The Morgan fingerprint density at radius 1 is 1.30 bits per heavy atom. The van der Waals surface area contributed by atoms with E-state index >= 15 is 0 Å². The summed E-state index contributed by atoms with van der Waals surface area (Å²) >= 11 is 1.64. The fourth-order valence-electron chi connectivity index (χ4n) is 1.66. The Hall–Kier alpha value is -1.72. The van der Waals surface area contributed by atoms with Crippen molar-refractivity contribution in [3.63, 3.8) is 0 Å². The molecule has 0 spiro atoms. The van der Waals surface area contributed by atoms with Crippen LogP contribution in [0.1, 0.15) is 18.1 Å². The van der Waals surface area contributed by atoms with Crippen molar-refractivity contribution in [1.29, 1.82) is 0 Å². The van der Waals surface area contributed by atoms with E-state index in [4.69, 9.17) is 4.42 Å². The van der Waals surface area contributed by atoms with Gasteiger partial charge in [0.05, 0.1) is 18.6 Å². The molecule has 1 aromatic heterocycles. The van der Waals surface area contributed by atoms with Crippen LogP contribution in [0.25, 0.3) is 0 Å². The highest BCUT2D eigenvalue weighted by molar-refractivity contribution is 7.99. The molecule has 0 bridgehead atoms. The van der Waals surface area contributed by atoms with Crippen LogP contribution in [-0.2, 0) is 4.79 Å². The maximum Gasteiger partial charge on any atom is 0.220 e. The Bertz CT molecular complexity index is 513. The van der Waals surface area contributed by atoms with Gasteiger partial charge < -0.3 is 14.8 Å². The van der Waals surface area contributed by atoms with E-state index in [1.165, 1.54) is 12.5 Å². The van der Waals surface area contributed by atoms with Crippen molar-refractivity contribution in [3.05, 3.63) is 54.5 Å². The molecule has 0 radical (unpaired) electrons. The summed E-state index contributed by atoms with van der Waals surface area (Å²) in [6, 6.07) is 11.6. The van der Waals surface area contributed by atoms with Gasteiger partial charge in [-0.2, -0.15) is 0 Å². The molecule has 2 rings (SSSR count). The normalized spacial score (nSPS) is 12.1. The summed E-state index contributed by atoms with van der Waals surface area (Å²) in [5.41, 5.74) is 0.670. The number of nitrogens with one attached hydrogen (secondary N) is 1. The van der Waals surface area contributed by atoms with Crippen molar-refractivity contribution in [3.8, 4) is 0 Å². The quantitative estimate of drug-likeness (QED) is 0.770. The first-order valence-electron chi connectivity index (χ1n) is 6.40.